The molecule has 1 heteroatoms. The first-order chi connectivity index (χ1) is 12.0. The minimum atomic E-state index is -0.0691. The highest BCUT2D eigenvalue weighted by Crippen LogP contribution is 2.58. The molecule has 0 saturated heterocycles. The van der Waals surface area contributed by atoms with Crippen molar-refractivity contribution in [2.24, 2.45) is 17.3 Å². The fraction of sp³-hybridized carbons (Fsp3) is 0.458. The largest absolute Gasteiger partial charge is 0.294 e. The number of Topliss-reactive ketones (excluding diaryl/α,β-unsaturated/α-hetero) is 1. The molecule has 0 heterocycles. The average Bonchev–Trinajstić information content (AvgIpc) is 3.18. The third-order valence-corrected chi connectivity index (χ3v) is 6.83. The number of hydrogen-bond donors (Lipinski definition) is 0. The third-order valence-electron chi connectivity index (χ3n) is 6.83. The summed E-state index contributed by atoms with van der Waals surface area (Å²) in [6.45, 7) is 4.52. The van der Waals surface area contributed by atoms with E-state index in [2.05, 4.69) is 50.3 Å². The van der Waals surface area contributed by atoms with Gasteiger partial charge in [0.1, 0.15) is 0 Å². The molecule has 5 rings (SSSR count). The number of allylic oxidation sites excluding steroid dienone is 2. The van der Waals surface area contributed by atoms with Crippen LogP contribution < -0.4 is 0 Å². The first-order valence-electron chi connectivity index (χ1n) is 9.83. The molecular formula is C24H26O. The Hall–Kier alpha value is -1.89. The minimum absolute atomic E-state index is 0.0691. The van der Waals surface area contributed by atoms with Gasteiger partial charge in [0.15, 0.2) is 5.78 Å². The average molecular weight is 330 g/mol. The third kappa shape index (κ3) is 2.25. The quantitative estimate of drug-likeness (QED) is 0.627. The van der Waals surface area contributed by atoms with Gasteiger partial charge in [0.05, 0.1) is 0 Å². The highest BCUT2D eigenvalue weighted by Gasteiger charge is 2.53. The summed E-state index contributed by atoms with van der Waals surface area (Å²) in [5, 5.41) is 2.52. The number of benzene rings is 2. The van der Waals surface area contributed by atoms with Crippen LogP contribution in [0.5, 0.6) is 0 Å². The maximum atomic E-state index is 13.5. The number of ketones is 1. The Bertz CT molecular complexity index is 917. The van der Waals surface area contributed by atoms with Gasteiger partial charge < -0.3 is 0 Å². The minimum Gasteiger partial charge on any atom is -0.294 e. The van der Waals surface area contributed by atoms with Gasteiger partial charge in [-0.25, -0.2) is 0 Å². The molecule has 0 radical (unpaired) electrons. The lowest BCUT2D eigenvalue weighted by molar-refractivity contribution is 0.0671. The van der Waals surface area contributed by atoms with Gasteiger partial charge in [0, 0.05) is 11.0 Å². The Morgan fingerprint density at radius 3 is 2.76 bits per heavy atom. The molecule has 128 valence electrons. The Morgan fingerprint density at radius 2 is 2.04 bits per heavy atom. The van der Waals surface area contributed by atoms with Crippen molar-refractivity contribution in [3.8, 4) is 0 Å². The summed E-state index contributed by atoms with van der Waals surface area (Å²) >= 11 is 0. The van der Waals surface area contributed by atoms with Gasteiger partial charge in [-0.1, -0.05) is 49.8 Å². The smallest absolute Gasteiger partial charge is 0.169 e. The van der Waals surface area contributed by atoms with Crippen LogP contribution in [0.15, 0.2) is 42.0 Å². The van der Waals surface area contributed by atoms with Crippen LogP contribution in [0.2, 0.25) is 0 Å². The summed E-state index contributed by atoms with van der Waals surface area (Å²) in [6.07, 6.45) is 8.93. The van der Waals surface area contributed by atoms with Crippen LogP contribution in [0.3, 0.4) is 0 Å². The topological polar surface area (TPSA) is 17.1 Å². The van der Waals surface area contributed by atoms with Crippen LogP contribution in [-0.2, 0) is 12.8 Å². The number of hydrogen-bond acceptors (Lipinski definition) is 1. The number of aryl methyl sites for hydroxylation is 1. The zero-order valence-corrected chi connectivity index (χ0v) is 15.3. The molecule has 1 spiro atoms. The molecule has 2 atom stereocenters. The lowest BCUT2D eigenvalue weighted by atomic mass is 9.63. The summed E-state index contributed by atoms with van der Waals surface area (Å²) < 4.78 is 0. The SMILES string of the molecule is CC(C)Cc1ccc2cc3c(cc2c1)C(=O)C1(CC3)CC2=CCC1C2. The molecule has 0 amide bonds. The van der Waals surface area contributed by atoms with Crippen LogP contribution in [0.25, 0.3) is 10.8 Å². The standard InChI is InChI=1S/C24H26O/c1-15(2)9-16-3-5-18-12-19-7-8-24(14-17-4-6-21(24)11-17)23(25)22(19)13-20(18)10-16/h3-5,10,12-13,15,21H,6-9,11,14H2,1-2H3. The van der Waals surface area contributed by atoms with E-state index in [1.807, 2.05) is 0 Å². The molecule has 2 aromatic carbocycles. The lowest BCUT2D eigenvalue weighted by Crippen LogP contribution is -2.39. The fourth-order valence-corrected chi connectivity index (χ4v) is 5.62. The van der Waals surface area contributed by atoms with E-state index in [1.165, 1.54) is 28.3 Å². The van der Waals surface area contributed by atoms with Crippen LogP contribution in [0.4, 0.5) is 0 Å². The normalized spacial score (nSPS) is 27.4. The summed E-state index contributed by atoms with van der Waals surface area (Å²) in [4.78, 5) is 13.5. The predicted molar refractivity (Wildman–Crippen MR) is 103 cm³/mol. The zero-order valence-electron chi connectivity index (χ0n) is 15.3. The van der Waals surface area contributed by atoms with Crippen LogP contribution in [-0.4, -0.2) is 5.78 Å². The van der Waals surface area contributed by atoms with Gasteiger partial charge in [-0.05, 0) is 78.3 Å². The molecule has 2 aromatic rings. The molecule has 2 bridgehead atoms. The van der Waals surface area contributed by atoms with E-state index in [-0.39, 0.29) is 5.41 Å². The van der Waals surface area contributed by atoms with E-state index in [1.54, 1.807) is 5.57 Å². The molecule has 3 aliphatic rings. The Labute approximate surface area is 150 Å². The van der Waals surface area contributed by atoms with Crippen LogP contribution >= 0.6 is 0 Å². The molecule has 0 aromatic heterocycles. The summed E-state index contributed by atoms with van der Waals surface area (Å²) in [6, 6.07) is 11.3. The molecule has 25 heavy (non-hydrogen) atoms. The maximum absolute atomic E-state index is 13.5. The number of fused-ring (bicyclic) bond motifs is 5. The van der Waals surface area contributed by atoms with Gasteiger partial charge in [0.2, 0.25) is 0 Å². The van der Waals surface area contributed by atoms with Crippen molar-refractivity contribution in [1.29, 1.82) is 0 Å². The number of rotatable bonds is 2. The van der Waals surface area contributed by atoms with E-state index in [0.717, 1.165) is 37.7 Å². The van der Waals surface area contributed by atoms with E-state index >= 15 is 0 Å². The molecule has 1 nitrogen and oxygen atoms in total. The predicted octanol–water partition coefficient (Wildman–Crippen LogP) is 5.89. The molecule has 3 aliphatic carbocycles. The van der Waals surface area contributed by atoms with Crippen molar-refractivity contribution in [1.82, 2.24) is 0 Å². The number of carbonyl (C=O) groups excluding carboxylic acids is 1. The Kier molecular flexibility index (Phi) is 3.26. The second kappa shape index (κ2) is 5.30. The Balaban J connectivity index is 1.59. The monoisotopic (exact) mass is 330 g/mol. The molecule has 0 N–H and O–H groups in total. The van der Waals surface area contributed by atoms with Crippen molar-refractivity contribution < 1.29 is 4.79 Å². The zero-order chi connectivity index (χ0) is 17.2. The maximum Gasteiger partial charge on any atom is 0.169 e. The lowest BCUT2D eigenvalue weighted by Gasteiger charge is -2.38. The van der Waals surface area contributed by atoms with Crippen molar-refractivity contribution >= 4 is 16.6 Å². The van der Waals surface area contributed by atoms with E-state index in [9.17, 15) is 4.79 Å². The van der Waals surface area contributed by atoms with Gasteiger partial charge in [-0.2, -0.15) is 0 Å². The van der Waals surface area contributed by atoms with Crippen molar-refractivity contribution in [3.05, 3.63) is 58.7 Å². The molecule has 1 saturated carbocycles. The fourth-order valence-electron chi connectivity index (χ4n) is 5.62. The van der Waals surface area contributed by atoms with Gasteiger partial charge in [0.25, 0.3) is 0 Å². The first-order valence-corrected chi connectivity index (χ1v) is 9.83. The van der Waals surface area contributed by atoms with Crippen molar-refractivity contribution in [2.75, 3.05) is 0 Å². The Morgan fingerprint density at radius 1 is 1.16 bits per heavy atom. The van der Waals surface area contributed by atoms with Crippen LogP contribution in [0, 0.1) is 17.3 Å². The van der Waals surface area contributed by atoms with E-state index < -0.39 is 0 Å². The van der Waals surface area contributed by atoms with Crippen molar-refractivity contribution in [2.45, 2.75) is 52.4 Å². The summed E-state index contributed by atoms with van der Waals surface area (Å²) in [7, 11) is 0. The van der Waals surface area contributed by atoms with E-state index in [0.29, 0.717) is 17.6 Å². The summed E-state index contributed by atoms with van der Waals surface area (Å²) in [5.41, 5.74) is 5.15. The molecular weight excluding hydrogens is 304 g/mol. The molecule has 0 aliphatic heterocycles. The summed E-state index contributed by atoms with van der Waals surface area (Å²) in [5.74, 6) is 1.67. The second-order valence-corrected chi connectivity index (χ2v) is 8.95. The number of carbonyl (C=O) groups is 1. The molecule has 2 unspecified atom stereocenters. The first kappa shape index (κ1) is 15.4. The molecule has 1 fully saturated rings. The van der Waals surface area contributed by atoms with Gasteiger partial charge >= 0.3 is 0 Å². The van der Waals surface area contributed by atoms with Gasteiger partial charge in [-0.3, -0.25) is 4.79 Å². The van der Waals surface area contributed by atoms with Crippen molar-refractivity contribution in [3.63, 3.8) is 0 Å². The highest BCUT2D eigenvalue weighted by atomic mass is 16.1. The highest BCUT2D eigenvalue weighted by molar-refractivity contribution is 6.06. The van der Waals surface area contributed by atoms with Gasteiger partial charge in [-0.15, -0.1) is 0 Å². The van der Waals surface area contributed by atoms with E-state index in [4.69, 9.17) is 0 Å². The van der Waals surface area contributed by atoms with Crippen LogP contribution in [0.1, 0.15) is 61.0 Å². The second-order valence-electron chi connectivity index (χ2n) is 8.95.